The van der Waals surface area contributed by atoms with Gasteiger partial charge in [0.05, 0.1) is 6.61 Å². The smallest absolute Gasteiger partial charge is 0.124 e. The highest BCUT2D eigenvalue weighted by atomic mass is 16.5. The fourth-order valence-corrected chi connectivity index (χ4v) is 2.38. The molecule has 0 aliphatic carbocycles. The molecular weight excluding hydrogens is 224 g/mol. The first-order chi connectivity index (χ1) is 8.77. The number of benzene rings is 1. The van der Waals surface area contributed by atoms with Crippen molar-refractivity contribution in [3.63, 3.8) is 0 Å². The Bertz CT molecular complexity index is 365. The zero-order valence-electron chi connectivity index (χ0n) is 11.5. The third-order valence-corrected chi connectivity index (χ3v) is 3.38. The van der Waals surface area contributed by atoms with Gasteiger partial charge in [-0.1, -0.05) is 18.2 Å². The topological polar surface area (TPSA) is 24.5 Å². The van der Waals surface area contributed by atoms with Gasteiger partial charge in [0.25, 0.3) is 0 Å². The van der Waals surface area contributed by atoms with E-state index in [1.807, 2.05) is 6.07 Å². The lowest BCUT2D eigenvalue weighted by molar-refractivity contribution is 0.252. The Kier molecular flexibility index (Phi) is 5.02. The average Bonchev–Trinajstić information content (AvgIpc) is 2.38. The Morgan fingerprint density at radius 3 is 2.94 bits per heavy atom. The summed E-state index contributed by atoms with van der Waals surface area (Å²) in [6.07, 6.45) is 3.56. The molecule has 18 heavy (non-hydrogen) atoms. The molecule has 1 aliphatic rings. The number of nitrogens with zero attached hydrogens (tertiary/aromatic N) is 1. The molecule has 1 heterocycles. The van der Waals surface area contributed by atoms with Crippen LogP contribution in [0, 0.1) is 0 Å². The molecule has 2 rings (SSSR count). The maximum absolute atomic E-state index is 5.67. The Morgan fingerprint density at radius 1 is 1.28 bits per heavy atom. The third-order valence-electron chi connectivity index (χ3n) is 3.38. The highest BCUT2D eigenvalue weighted by Gasteiger charge is 2.19. The molecular formula is C15H24N2O. The molecule has 1 N–H and O–H groups in total. The van der Waals surface area contributed by atoms with E-state index in [9.17, 15) is 0 Å². The highest BCUT2D eigenvalue weighted by molar-refractivity contribution is 5.37. The quantitative estimate of drug-likeness (QED) is 0.783. The van der Waals surface area contributed by atoms with Crippen LogP contribution in [0.2, 0.25) is 0 Å². The number of nitrogens with one attached hydrogen (secondary N) is 1. The Hall–Kier alpha value is -1.06. The third kappa shape index (κ3) is 3.72. The minimum absolute atomic E-state index is 0.467. The summed E-state index contributed by atoms with van der Waals surface area (Å²) in [5.41, 5.74) is 1.32. The van der Waals surface area contributed by atoms with E-state index >= 15 is 0 Å². The van der Waals surface area contributed by atoms with Crippen molar-refractivity contribution in [2.24, 2.45) is 0 Å². The Balaban J connectivity index is 1.77. The maximum atomic E-state index is 5.67. The minimum Gasteiger partial charge on any atom is -0.493 e. The van der Waals surface area contributed by atoms with Crippen LogP contribution in [0.15, 0.2) is 24.3 Å². The molecule has 1 aromatic rings. The largest absolute Gasteiger partial charge is 0.493 e. The number of para-hydroxylation sites is 1. The molecule has 1 atom stereocenters. The van der Waals surface area contributed by atoms with E-state index < -0.39 is 0 Å². The fraction of sp³-hybridized carbons (Fsp3) is 0.600. The second-order valence-electron chi connectivity index (χ2n) is 5.19. The van der Waals surface area contributed by atoms with Gasteiger partial charge in [-0.15, -0.1) is 0 Å². The molecule has 0 spiro atoms. The number of fused-ring (bicyclic) bond motifs is 1. The molecule has 1 aromatic carbocycles. The summed E-state index contributed by atoms with van der Waals surface area (Å²) in [6.45, 7) is 3.09. The summed E-state index contributed by atoms with van der Waals surface area (Å²) < 4.78 is 5.67. The molecule has 1 unspecified atom stereocenters. The lowest BCUT2D eigenvalue weighted by Crippen LogP contribution is -2.28. The van der Waals surface area contributed by atoms with Crippen molar-refractivity contribution in [2.75, 3.05) is 33.8 Å². The average molecular weight is 248 g/mol. The van der Waals surface area contributed by atoms with Crippen LogP contribution in [0.4, 0.5) is 0 Å². The normalized spacial score (nSPS) is 18.5. The van der Waals surface area contributed by atoms with Crippen molar-refractivity contribution >= 4 is 0 Å². The van der Waals surface area contributed by atoms with E-state index in [1.165, 1.54) is 24.9 Å². The first kappa shape index (κ1) is 13.4. The summed E-state index contributed by atoms with van der Waals surface area (Å²) in [5.74, 6) is 1.05. The SMILES string of the molecule is CN(C)CCCCNC1CCOc2ccccc21. The molecule has 1 aliphatic heterocycles. The van der Waals surface area contributed by atoms with Crippen molar-refractivity contribution < 1.29 is 4.74 Å². The first-order valence-electron chi connectivity index (χ1n) is 6.87. The van der Waals surface area contributed by atoms with Crippen molar-refractivity contribution in [1.82, 2.24) is 10.2 Å². The fourth-order valence-electron chi connectivity index (χ4n) is 2.38. The first-order valence-corrected chi connectivity index (χ1v) is 6.87. The number of unbranched alkanes of at least 4 members (excludes halogenated alkanes) is 1. The van der Waals surface area contributed by atoms with Gasteiger partial charge in [-0.3, -0.25) is 0 Å². The van der Waals surface area contributed by atoms with Crippen LogP contribution in [0.1, 0.15) is 30.9 Å². The molecule has 3 nitrogen and oxygen atoms in total. The monoisotopic (exact) mass is 248 g/mol. The van der Waals surface area contributed by atoms with Gasteiger partial charge >= 0.3 is 0 Å². The number of hydrogen-bond acceptors (Lipinski definition) is 3. The van der Waals surface area contributed by atoms with Crippen molar-refractivity contribution in [3.05, 3.63) is 29.8 Å². The molecule has 0 aromatic heterocycles. The van der Waals surface area contributed by atoms with Crippen LogP contribution in [0.5, 0.6) is 5.75 Å². The van der Waals surface area contributed by atoms with Crippen molar-refractivity contribution in [2.45, 2.75) is 25.3 Å². The molecule has 0 radical (unpaired) electrons. The van der Waals surface area contributed by atoms with Gasteiger partial charge in [0.2, 0.25) is 0 Å². The zero-order valence-corrected chi connectivity index (χ0v) is 11.5. The van der Waals surface area contributed by atoms with Crippen LogP contribution in [-0.4, -0.2) is 38.7 Å². The molecule has 0 saturated carbocycles. The van der Waals surface area contributed by atoms with Crippen molar-refractivity contribution in [1.29, 1.82) is 0 Å². The van der Waals surface area contributed by atoms with Gasteiger partial charge in [0.1, 0.15) is 5.75 Å². The van der Waals surface area contributed by atoms with E-state index in [0.29, 0.717) is 6.04 Å². The lowest BCUT2D eigenvalue weighted by Gasteiger charge is -2.26. The van der Waals surface area contributed by atoms with Gasteiger partial charge < -0.3 is 15.0 Å². The predicted molar refractivity (Wildman–Crippen MR) is 75.1 cm³/mol. The molecule has 100 valence electrons. The zero-order chi connectivity index (χ0) is 12.8. The van der Waals surface area contributed by atoms with Gasteiger partial charge in [-0.25, -0.2) is 0 Å². The molecule has 0 saturated heterocycles. The molecule has 3 heteroatoms. The predicted octanol–water partition coefficient (Wildman–Crippen LogP) is 2.44. The van der Waals surface area contributed by atoms with E-state index in [4.69, 9.17) is 4.74 Å². The standard InChI is InChI=1S/C15H24N2O/c1-17(2)11-6-5-10-16-14-9-12-18-15-8-4-3-7-13(14)15/h3-4,7-8,14,16H,5-6,9-12H2,1-2H3. The van der Waals surface area contributed by atoms with Gasteiger partial charge in [0.15, 0.2) is 0 Å². The van der Waals surface area contributed by atoms with Gasteiger partial charge in [-0.05, 0) is 46.1 Å². The molecule has 0 bridgehead atoms. The second kappa shape index (κ2) is 6.76. The maximum Gasteiger partial charge on any atom is 0.124 e. The minimum atomic E-state index is 0.467. The van der Waals surface area contributed by atoms with Crippen LogP contribution in [-0.2, 0) is 0 Å². The van der Waals surface area contributed by atoms with E-state index in [-0.39, 0.29) is 0 Å². The molecule has 0 amide bonds. The van der Waals surface area contributed by atoms with Crippen molar-refractivity contribution in [3.8, 4) is 5.75 Å². The van der Waals surface area contributed by atoms with Crippen LogP contribution >= 0.6 is 0 Å². The number of hydrogen-bond donors (Lipinski definition) is 1. The highest BCUT2D eigenvalue weighted by Crippen LogP contribution is 2.31. The number of ether oxygens (including phenoxy) is 1. The summed E-state index contributed by atoms with van der Waals surface area (Å²) in [5, 5.41) is 3.65. The Labute approximate surface area is 110 Å². The summed E-state index contributed by atoms with van der Waals surface area (Å²) in [4.78, 5) is 2.24. The molecule has 0 fully saturated rings. The van der Waals surface area contributed by atoms with E-state index in [0.717, 1.165) is 25.3 Å². The lowest BCUT2D eigenvalue weighted by atomic mass is 10.0. The van der Waals surface area contributed by atoms with E-state index in [2.05, 4.69) is 42.5 Å². The van der Waals surface area contributed by atoms with Gasteiger partial charge in [0, 0.05) is 18.0 Å². The van der Waals surface area contributed by atoms with Crippen LogP contribution in [0.25, 0.3) is 0 Å². The second-order valence-corrected chi connectivity index (χ2v) is 5.19. The number of rotatable bonds is 6. The van der Waals surface area contributed by atoms with E-state index in [1.54, 1.807) is 0 Å². The summed E-state index contributed by atoms with van der Waals surface area (Å²) in [7, 11) is 4.25. The summed E-state index contributed by atoms with van der Waals surface area (Å²) in [6, 6.07) is 8.84. The summed E-state index contributed by atoms with van der Waals surface area (Å²) >= 11 is 0. The van der Waals surface area contributed by atoms with Crippen LogP contribution < -0.4 is 10.1 Å². The Morgan fingerprint density at radius 2 is 2.11 bits per heavy atom. The van der Waals surface area contributed by atoms with Crippen LogP contribution in [0.3, 0.4) is 0 Å². The van der Waals surface area contributed by atoms with Gasteiger partial charge in [-0.2, -0.15) is 0 Å².